The number of carbonyl (C=O) groups is 1. The maximum absolute atomic E-state index is 11.9. The van der Waals surface area contributed by atoms with Gasteiger partial charge in [0.2, 0.25) is 5.91 Å². The number of rotatable bonds is 3. The van der Waals surface area contributed by atoms with E-state index in [2.05, 4.69) is 4.99 Å². The van der Waals surface area contributed by atoms with Crippen LogP contribution in [0.2, 0.25) is 5.02 Å². The molecule has 3 rings (SSSR count). The number of hydrogen-bond donors (Lipinski definition) is 2. The minimum atomic E-state index is -0.0239. The second kappa shape index (κ2) is 7.15. The summed E-state index contributed by atoms with van der Waals surface area (Å²) in [5.41, 5.74) is 15.7. The highest BCUT2D eigenvalue weighted by molar-refractivity contribution is 7.20. The predicted octanol–water partition coefficient (Wildman–Crippen LogP) is 2.71. The first-order valence-electron chi connectivity index (χ1n) is 8.07. The van der Waals surface area contributed by atoms with Crippen LogP contribution < -0.4 is 11.5 Å². The number of amides is 1. The minimum absolute atomic E-state index is 0.0239. The highest BCUT2D eigenvalue weighted by Crippen LogP contribution is 2.43. The van der Waals surface area contributed by atoms with Crippen molar-refractivity contribution in [1.82, 2.24) is 4.90 Å². The van der Waals surface area contributed by atoms with Gasteiger partial charge in [-0.1, -0.05) is 11.6 Å². The molecule has 2 heterocycles. The normalized spacial score (nSPS) is 15.2. The molecule has 0 fully saturated rings. The lowest BCUT2D eigenvalue weighted by Gasteiger charge is -2.26. The lowest BCUT2D eigenvalue weighted by molar-refractivity contribution is -0.130. The molecule has 7 heteroatoms. The van der Waals surface area contributed by atoms with Crippen molar-refractivity contribution in [2.75, 3.05) is 20.1 Å². The average molecular weight is 377 g/mol. The van der Waals surface area contributed by atoms with Gasteiger partial charge in [0.15, 0.2) is 0 Å². The van der Waals surface area contributed by atoms with Crippen LogP contribution in [0.5, 0.6) is 0 Å². The first-order valence-corrected chi connectivity index (χ1v) is 9.26. The molecule has 1 aromatic heterocycles. The number of thiophene rings is 1. The lowest BCUT2D eigenvalue weighted by atomic mass is 9.96. The highest BCUT2D eigenvalue weighted by Gasteiger charge is 2.26. The Hall–Kier alpha value is -1.89. The van der Waals surface area contributed by atoms with E-state index < -0.39 is 0 Å². The van der Waals surface area contributed by atoms with Gasteiger partial charge in [-0.15, -0.1) is 11.3 Å². The fourth-order valence-electron chi connectivity index (χ4n) is 3.19. The van der Waals surface area contributed by atoms with Crippen LogP contribution in [0.15, 0.2) is 17.1 Å². The third-order valence-corrected chi connectivity index (χ3v) is 6.31. The zero-order valence-electron chi connectivity index (χ0n) is 14.3. The third kappa shape index (κ3) is 3.17. The molecule has 25 heavy (non-hydrogen) atoms. The van der Waals surface area contributed by atoms with Crippen LogP contribution in [-0.4, -0.2) is 37.2 Å². The van der Waals surface area contributed by atoms with E-state index in [4.69, 9.17) is 23.1 Å². The van der Waals surface area contributed by atoms with Gasteiger partial charge >= 0.3 is 0 Å². The van der Waals surface area contributed by atoms with Crippen molar-refractivity contribution in [3.63, 3.8) is 0 Å². The number of carbonyl (C=O) groups excluding carboxylic acids is 1. The van der Waals surface area contributed by atoms with Crippen LogP contribution >= 0.6 is 22.9 Å². The molecule has 0 unspecified atom stereocenters. The first kappa shape index (κ1) is 17.9. The van der Waals surface area contributed by atoms with Crippen LogP contribution in [0, 0.1) is 6.92 Å². The SMILES string of the molecule is CN=C/C=C(\N)c1cc(C)c(Cl)c2sc3c(c12)CCN(C(=O)CN)C3. The van der Waals surface area contributed by atoms with Crippen LogP contribution in [0.25, 0.3) is 15.8 Å². The Balaban J connectivity index is 2.19. The molecule has 1 aliphatic heterocycles. The zero-order chi connectivity index (χ0) is 18.1. The molecule has 0 saturated heterocycles. The standard InChI is InChI=1S/C18H21ClN4OS/c1-10-7-12(13(21)3-5-22-2)16-11-4-6-23(15(24)8-20)9-14(11)25-18(16)17(10)19/h3,5,7H,4,6,8-9,20-21H2,1-2H3/b13-3-,22-5?. The number of hydrogen-bond acceptors (Lipinski definition) is 5. The summed E-state index contributed by atoms with van der Waals surface area (Å²) in [4.78, 5) is 18.9. The van der Waals surface area contributed by atoms with Crippen molar-refractivity contribution >= 4 is 50.8 Å². The summed E-state index contributed by atoms with van der Waals surface area (Å²) < 4.78 is 1.04. The number of aryl methyl sites for hydroxylation is 1. The molecule has 4 N–H and O–H groups in total. The maximum atomic E-state index is 11.9. The summed E-state index contributed by atoms with van der Waals surface area (Å²) in [5.74, 6) is -0.0239. The number of allylic oxidation sites excluding steroid dienone is 1. The molecular weight excluding hydrogens is 356 g/mol. The number of nitrogens with two attached hydrogens (primary N) is 2. The van der Waals surface area contributed by atoms with Crippen molar-refractivity contribution in [2.45, 2.75) is 19.9 Å². The molecule has 0 saturated carbocycles. The van der Waals surface area contributed by atoms with E-state index in [1.807, 2.05) is 13.0 Å². The van der Waals surface area contributed by atoms with Crippen molar-refractivity contribution < 1.29 is 4.79 Å². The molecule has 0 aliphatic carbocycles. The van der Waals surface area contributed by atoms with Gasteiger partial charge in [-0.25, -0.2) is 0 Å². The van der Waals surface area contributed by atoms with Gasteiger partial charge in [-0.05, 0) is 36.6 Å². The molecule has 1 aliphatic rings. The number of halogens is 1. The second-order valence-electron chi connectivity index (χ2n) is 6.06. The van der Waals surface area contributed by atoms with Gasteiger partial charge in [-0.2, -0.15) is 0 Å². The van der Waals surface area contributed by atoms with Crippen LogP contribution in [0.4, 0.5) is 0 Å². The van der Waals surface area contributed by atoms with Crippen LogP contribution in [0.3, 0.4) is 0 Å². The van der Waals surface area contributed by atoms with Gasteiger partial charge in [0.05, 0.1) is 22.8 Å². The van der Waals surface area contributed by atoms with Gasteiger partial charge in [0.1, 0.15) is 0 Å². The average Bonchev–Trinajstić information content (AvgIpc) is 3.00. The molecule has 0 atom stereocenters. The van der Waals surface area contributed by atoms with Gasteiger partial charge in [0, 0.05) is 41.3 Å². The first-order chi connectivity index (χ1) is 12.0. The number of aliphatic imine (C=N–C) groups is 1. The topological polar surface area (TPSA) is 84.7 Å². The van der Waals surface area contributed by atoms with E-state index in [9.17, 15) is 4.79 Å². The van der Waals surface area contributed by atoms with E-state index in [-0.39, 0.29) is 12.5 Å². The molecule has 5 nitrogen and oxygen atoms in total. The van der Waals surface area contributed by atoms with E-state index in [0.29, 0.717) is 18.8 Å². The Morgan fingerprint density at radius 3 is 2.96 bits per heavy atom. The fraction of sp³-hybridized carbons (Fsp3) is 0.333. The smallest absolute Gasteiger partial charge is 0.236 e. The summed E-state index contributed by atoms with van der Waals surface area (Å²) in [6.07, 6.45) is 4.27. The van der Waals surface area contributed by atoms with Crippen LogP contribution in [0.1, 0.15) is 21.6 Å². The van der Waals surface area contributed by atoms with Crippen molar-refractivity contribution in [3.8, 4) is 0 Å². The second-order valence-corrected chi connectivity index (χ2v) is 7.54. The number of benzene rings is 1. The van der Waals surface area contributed by atoms with E-state index in [0.717, 1.165) is 37.5 Å². The van der Waals surface area contributed by atoms with E-state index in [1.54, 1.807) is 35.6 Å². The fourth-order valence-corrected chi connectivity index (χ4v) is 4.83. The Bertz CT molecular complexity index is 900. The summed E-state index contributed by atoms with van der Waals surface area (Å²) in [5, 5.41) is 1.86. The minimum Gasteiger partial charge on any atom is -0.398 e. The molecule has 0 spiro atoms. The van der Waals surface area contributed by atoms with Gasteiger partial charge < -0.3 is 16.4 Å². The Labute approximate surface area is 156 Å². The lowest BCUT2D eigenvalue weighted by Crippen LogP contribution is -2.39. The zero-order valence-corrected chi connectivity index (χ0v) is 15.9. The summed E-state index contributed by atoms with van der Waals surface area (Å²) in [6.45, 7) is 3.27. The summed E-state index contributed by atoms with van der Waals surface area (Å²) >= 11 is 8.22. The Morgan fingerprint density at radius 2 is 2.28 bits per heavy atom. The number of nitrogens with zero attached hydrogens (tertiary/aromatic N) is 2. The van der Waals surface area contributed by atoms with Crippen molar-refractivity contribution in [2.24, 2.45) is 16.5 Å². The van der Waals surface area contributed by atoms with Crippen molar-refractivity contribution in [1.29, 1.82) is 0 Å². The summed E-state index contributed by atoms with van der Waals surface area (Å²) in [6, 6.07) is 2.03. The quantitative estimate of drug-likeness (QED) is 0.807. The Morgan fingerprint density at radius 1 is 1.52 bits per heavy atom. The summed E-state index contributed by atoms with van der Waals surface area (Å²) in [7, 11) is 1.71. The van der Waals surface area contributed by atoms with Gasteiger partial charge in [0.25, 0.3) is 0 Å². The largest absolute Gasteiger partial charge is 0.398 e. The number of fused-ring (bicyclic) bond motifs is 3. The molecular formula is C18H21ClN4OS. The monoisotopic (exact) mass is 376 g/mol. The molecule has 1 amide bonds. The highest BCUT2D eigenvalue weighted by atomic mass is 35.5. The van der Waals surface area contributed by atoms with E-state index in [1.165, 1.54) is 5.56 Å². The predicted molar refractivity (Wildman–Crippen MR) is 106 cm³/mol. The molecule has 0 bridgehead atoms. The van der Waals surface area contributed by atoms with Gasteiger partial charge in [-0.3, -0.25) is 9.79 Å². The maximum Gasteiger partial charge on any atom is 0.236 e. The molecule has 1 aromatic carbocycles. The molecule has 132 valence electrons. The van der Waals surface area contributed by atoms with E-state index >= 15 is 0 Å². The van der Waals surface area contributed by atoms with Crippen molar-refractivity contribution in [3.05, 3.63) is 38.7 Å². The Kier molecular flexibility index (Phi) is 5.13. The molecule has 0 radical (unpaired) electrons. The third-order valence-electron chi connectivity index (χ3n) is 4.47. The molecule has 2 aromatic rings. The van der Waals surface area contributed by atoms with Crippen LogP contribution in [-0.2, 0) is 17.8 Å².